The predicted octanol–water partition coefficient (Wildman–Crippen LogP) is -1.32. The highest BCUT2D eigenvalue weighted by atomic mass is 32.2. The Morgan fingerprint density at radius 2 is 1.57 bits per heavy atom. The second kappa shape index (κ2) is 10.8. The number of amides is 5. The lowest BCUT2D eigenvalue weighted by Gasteiger charge is -2.35. The Morgan fingerprint density at radius 1 is 0.971 bits per heavy atom. The summed E-state index contributed by atoms with van der Waals surface area (Å²) in [7, 11) is 0. The molecule has 0 aromatic carbocycles. The lowest BCUT2D eigenvalue weighted by Crippen LogP contribution is -2.58. The number of hydrogen-bond donors (Lipinski definition) is 4. The first kappa shape index (κ1) is 26.8. The highest BCUT2D eigenvalue weighted by Crippen LogP contribution is 2.38. The minimum absolute atomic E-state index is 0.107. The standard InChI is InChI=1S/C22H33N5O7S/c1-10(19(30)25-12(3)22(33)34)23-18(29)11(2)24-20(31)16-6-5-14-9-35-15-7-17(21(32)27(14)16)26(8-15)13(4)28/h10-12,14-17H,5-9H2,1-4H3,(H,23,29)(H,24,31)(H,25,30)(H,33,34)/t10-,11-,12-,14-,15-,16-,17-/m0/s1. The fourth-order valence-corrected chi connectivity index (χ4v) is 6.14. The third kappa shape index (κ3) is 5.88. The van der Waals surface area contributed by atoms with Crippen molar-refractivity contribution in [1.82, 2.24) is 25.8 Å². The summed E-state index contributed by atoms with van der Waals surface area (Å²) in [6.45, 7) is 6.15. The van der Waals surface area contributed by atoms with Crippen LogP contribution in [0.2, 0.25) is 0 Å². The summed E-state index contributed by atoms with van der Waals surface area (Å²) in [6.07, 6.45) is 1.69. The molecule has 3 aliphatic rings. The third-order valence-electron chi connectivity index (χ3n) is 6.77. The molecule has 3 heterocycles. The van der Waals surface area contributed by atoms with Gasteiger partial charge in [0.05, 0.1) is 0 Å². The van der Waals surface area contributed by atoms with E-state index in [1.165, 1.54) is 27.7 Å². The number of nitrogens with one attached hydrogen (secondary N) is 3. The zero-order valence-corrected chi connectivity index (χ0v) is 21.1. The van der Waals surface area contributed by atoms with Gasteiger partial charge in [0.15, 0.2) is 0 Å². The maximum atomic E-state index is 13.4. The van der Waals surface area contributed by atoms with Crippen LogP contribution in [-0.4, -0.2) is 104 Å². The predicted molar refractivity (Wildman–Crippen MR) is 126 cm³/mol. The van der Waals surface area contributed by atoms with Crippen LogP contribution in [0.15, 0.2) is 0 Å². The molecule has 194 valence electrons. The number of thioether (sulfide) groups is 1. The summed E-state index contributed by atoms with van der Waals surface area (Å²) in [4.78, 5) is 77.3. The minimum Gasteiger partial charge on any atom is -0.480 e. The number of carboxylic acid groups (broad SMARTS) is 1. The van der Waals surface area contributed by atoms with Gasteiger partial charge in [-0.1, -0.05) is 0 Å². The van der Waals surface area contributed by atoms with Crippen LogP contribution < -0.4 is 16.0 Å². The molecule has 5 amide bonds. The molecule has 3 fully saturated rings. The van der Waals surface area contributed by atoms with Crippen LogP contribution in [0.25, 0.3) is 0 Å². The molecule has 0 radical (unpaired) electrons. The molecule has 3 saturated heterocycles. The van der Waals surface area contributed by atoms with E-state index in [0.717, 1.165) is 0 Å². The van der Waals surface area contributed by atoms with E-state index in [1.807, 2.05) is 0 Å². The van der Waals surface area contributed by atoms with Crippen LogP contribution in [-0.2, 0) is 28.8 Å². The monoisotopic (exact) mass is 511 g/mol. The molecule has 0 aliphatic carbocycles. The zero-order valence-electron chi connectivity index (χ0n) is 20.3. The van der Waals surface area contributed by atoms with Crippen molar-refractivity contribution in [3.8, 4) is 0 Å². The SMILES string of the molecule is CC(=O)N1C[C@@H]2C[C@H]1C(=O)N1[C@@H](CC[C@H]1C(=O)N[C@@H](C)C(=O)N[C@@H](C)C(=O)N[C@@H](C)C(=O)O)CS2. The second-order valence-electron chi connectivity index (χ2n) is 9.40. The highest BCUT2D eigenvalue weighted by Gasteiger charge is 2.49. The minimum atomic E-state index is -1.20. The van der Waals surface area contributed by atoms with Gasteiger partial charge in [0.1, 0.15) is 30.2 Å². The number of carboxylic acids is 1. The normalized spacial score (nSPS) is 28.2. The summed E-state index contributed by atoms with van der Waals surface area (Å²) >= 11 is 1.73. The number of carbonyl (C=O) groups is 6. The van der Waals surface area contributed by atoms with Crippen molar-refractivity contribution < 1.29 is 33.9 Å². The van der Waals surface area contributed by atoms with E-state index in [9.17, 15) is 28.8 Å². The van der Waals surface area contributed by atoms with E-state index in [2.05, 4.69) is 16.0 Å². The third-order valence-corrected chi connectivity index (χ3v) is 8.16. The van der Waals surface area contributed by atoms with Gasteiger partial charge in [0.25, 0.3) is 0 Å². The van der Waals surface area contributed by atoms with E-state index in [4.69, 9.17) is 5.11 Å². The molecule has 3 rings (SSSR count). The number of rotatable bonds is 7. The Balaban J connectivity index is 1.61. The molecular weight excluding hydrogens is 478 g/mol. The molecule has 3 aliphatic heterocycles. The van der Waals surface area contributed by atoms with Crippen LogP contribution in [0.4, 0.5) is 0 Å². The Labute approximate surface area is 207 Å². The summed E-state index contributed by atoms with van der Waals surface area (Å²) < 4.78 is 0. The molecule has 7 atom stereocenters. The van der Waals surface area contributed by atoms with Gasteiger partial charge < -0.3 is 30.9 Å². The molecule has 0 spiro atoms. The molecule has 12 nitrogen and oxygen atoms in total. The van der Waals surface area contributed by atoms with Gasteiger partial charge in [0, 0.05) is 30.5 Å². The Morgan fingerprint density at radius 3 is 2.17 bits per heavy atom. The van der Waals surface area contributed by atoms with Crippen LogP contribution >= 0.6 is 11.8 Å². The molecule has 13 heteroatoms. The molecule has 35 heavy (non-hydrogen) atoms. The molecule has 2 bridgehead atoms. The molecule has 4 N–H and O–H groups in total. The fraction of sp³-hybridized carbons (Fsp3) is 0.727. The first-order valence-electron chi connectivity index (χ1n) is 11.8. The topological polar surface area (TPSA) is 165 Å². The van der Waals surface area contributed by atoms with Crippen molar-refractivity contribution in [3.63, 3.8) is 0 Å². The zero-order chi connectivity index (χ0) is 26.0. The van der Waals surface area contributed by atoms with Gasteiger partial charge in [-0.15, -0.1) is 0 Å². The maximum Gasteiger partial charge on any atom is 0.325 e. The van der Waals surface area contributed by atoms with Crippen molar-refractivity contribution in [2.24, 2.45) is 0 Å². The average Bonchev–Trinajstić information content (AvgIpc) is 3.41. The Hall–Kier alpha value is -2.83. The van der Waals surface area contributed by atoms with Gasteiger partial charge in [0.2, 0.25) is 29.5 Å². The molecule has 0 saturated carbocycles. The van der Waals surface area contributed by atoms with E-state index in [1.54, 1.807) is 21.6 Å². The Kier molecular flexibility index (Phi) is 8.29. The number of aliphatic carboxylic acids is 1. The first-order valence-corrected chi connectivity index (χ1v) is 12.8. The lowest BCUT2D eigenvalue weighted by molar-refractivity contribution is -0.147. The molecule has 0 unspecified atom stereocenters. The van der Waals surface area contributed by atoms with E-state index in [-0.39, 0.29) is 23.1 Å². The van der Waals surface area contributed by atoms with Gasteiger partial charge in [-0.05, 0) is 40.0 Å². The summed E-state index contributed by atoms with van der Waals surface area (Å²) in [6, 6.07) is -4.54. The smallest absolute Gasteiger partial charge is 0.325 e. The van der Waals surface area contributed by atoms with Crippen LogP contribution in [0.1, 0.15) is 47.0 Å². The number of nitrogens with zero attached hydrogens (tertiary/aromatic N) is 2. The van der Waals surface area contributed by atoms with E-state index in [0.29, 0.717) is 31.6 Å². The van der Waals surface area contributed by atoms with Crippen LogP contribution in [0.3, 0.4) is 0 Å². The summed E-state index contributed by atoms with van der Waals surface area (Å²) in [5.74, 6) is -2.64. The fourth-order valence-electron chi connectivity index (χ4n) is 4.74. The van der Waals surface area contributed by atoms with Crippen molar-refractivity contribution in [2.45, 2.75) is 88.5 Å². The summed E-state index contributed by atoms with van der Waals surface area (Å²) in [5, 5.41) is 16.5. The summed E-state index contributed by atoms with van der Waals surface area (Å²) in [5.41, 5.74) is 0. The molecule has 0 aromatic rings. The second-order valence-corrected chi connectivity index (χ2v) is 10.7. The van der Waals surface area contributed by atoms with Crippen LogP contribution in [0, 0.1) is 0 Å². The average molecular weight is 512 g/mol. The van der Waals surface area contributed by atoms with Crippen molar-refractivity contribution >= 4 is 47.3 Å². The number of carbonyl (C=O) groups excluding carboxylic acids is 5. The number of likely N-dealkylation sites (tertiary alicyclic amines) is 1. The van der Waals surface area contributed by atoms with E-state index < -0.39 is 53.9 Å². The highest BCUT2D eigenvalue weighted by molar-refractivity contribution is 8.00. The Bertz CT molecular complexity index is 915. The maximum absolute atomic E-state index is 13.4. The van der Waals surface area contributed by atoms with Gasteiger partial charge in [-0.2, -0.15) is 11.8 Å². The quantitative estimate of drug-likeness (QED) is 0.327. The number of hydrogen-bond acceptors (Lipinski definition) is 7. The van der Waals surface area contributed by atoms with Crippen molar-refractivity contribution in [3.05, 3.63) is 0 Å². The van der Waals surface area contributed by atoms with Crippen LogP contribution in [0.5, 0.6) is 0 Å². The van der Waals surface area contributed by atoms with Crippen molar-refractivity contribution in [1.29, 1.82) is 0 Å². The molecule has 0 aromatic heterocycles. The van der Waals surface area contributed by atoms with Gasteiger partial charge >= 0.3 is 5.97 Å². The van der Waals surface area contributed by atoms with E-state index >= 15 is 0 Å². The van der Waals surface area contributed by atoms with Gasteiger partial charge in [-0.25, -0.2) is 0 Å². The lowest BCUT2D eigenvalue weighted by atomic mass is 10.1. The molecular formula is C22H33N5O7S. The number of fused-ring (bicyclic) bond motifs is 3. The largest absolute Gasteiger partial charge is 0.480 e. The van der Waals surface area contributed by atoms with Crippen molar-refractivity contribution in [2.75, 3.05) is 12.3 Å². The van der Waals surface area contributed by atoms with Gasteiger partial charge in [-0.3, -0.25) is 28.8 Å². The first-order chi connectivity index (χ1) is 16.4.